The molecule has 176 valence electrons. The smallest absolute Gasteiger partial charge is 0.303 e. The first-order chi connectivity index (χ1) is 16.2. The van der Waals surface area contributed by atoms with Gasteiger partial charge in [0, 0.05) is 28.6 Å². The van der Waals surface area contributed by atoms with Crippen molar-refractivity contribution >= 4 is 27.8 Å². The van der Waals surface area contributed by atoms with Gasteiger partial charge in [-0.1, -0.05) is 13.8 Å². The van der Waals surface area contributed by atoms with Crippen LogP contribution < -0.4 is 0 Å². The number of H-pyrrole nitrogens is 1. The highest BCUT2D eigenvalue weighted by atomic mass is 19.1. The van der Waals surface area contributed by atoms with Crippen molar-refractivity contribution in [1.29, 1.82) is 0 Å². The van der Waals surface area contributed by atoms with Crippen LogP contribution in [0.4, 0.5) is 4.39 Å². The van der Waals surface area contributed by atoms with Crippen molar-refractivity contribution in [2.75, 3.05) is 0 Å². The zero-order chi connectivity index (χ0) is 23.8. The predicted octanol–water partition coefficient (Wildman–Crippen LogP) is 6.83. The molecule has 2 saturated carbocycles. The van der Waals surface area contributed by atoms with Gasteiger partial charge in [-0.25, -0.2) is 4.39 Å². The maximum Gasteiger partial charge on any atom is 0.303 e. The van der Waals surface area contributed by atoms with Gasteiger partial charge >= 0.3 is 5.97 Å². The minimum atomic E-state index is -0.681. The lowest BCUT2D eigenvalue weighted by atomic mass is 9.46. The van der Waals surface area contributed by atoms with Crippen LogP contribution in [-0.2, 0) is 4.79 Å². The first-order valence-corrected chi connectivity index (χ1v) is 12.2. The molecule has 6 rings (SSSR count). The maximum absolute atomic E-state index is 14.1. The van der Waals surface area contributed by atoms with E-state index in [1.165, 1.54) is 16.6 Å². The number of hydrogen-bond acceptors (Lipinski definition) is 2. The van der Waals surface area contributed by atoms with Gasteiger partial charge in [0.1, 0.15) is 5.82 Å². The van der Waals surface area contributed by atoms with Crippen molar-refractivity contribution in [3.8, 4) is 5.69 Å². The molecule has 1 spiro atoms. The lowest BCUT2D eigenvalue weighted by Gasteiger charge is -2.58. The van der Waals surface area contributed by atoms with E-state index in [0.717, 1.165) is 47.8 Å². The van der Waals surface area contributed by atoms with E-state index in [9.17, 15) is 9.18 Å². The van der Waals surface area contributed by atoms with Crippen LogP contribution in [0.15, 0.2) is 36.5 Å². The minimum absolute atomic E-state index is 0.189. The van der Waals surface area contributed by atoms with Crippen LogP contribution in [0.2, 0.25) is 0 Å². The van der Waals surface area contributed by atoms with E-state index in [0.29, 0.717) is 35.2 Å². The summed E-state index contributed by atoms with van der Waals surface area (Å²) in [5.74, 6) is 0.205. The Bertz CT molecular complexity index is 1430. The first kappa shape index (κ1) is 21.4. The molecule has 2 fully saturated rings. The van der Waals surface area contributed by atoms with E-state index in [1.54, 1.807) is 6.07 Å². The van der Waals surface area contributed by atoms with Crippen LogP contribution in [-0.4, -0.2) is 25.8 Å². The molecule has 2 aliphatic rings. The Morgan fingerprint density at radius 2 is 2.00 bits per heavy atom. The average Bonchev–Trinajstić information content (AvgIpc) is 3.30. The van der Waals surface area contributed by atoms with Crippen LogP contribution in [0.1, 0.15) is 74.6 Å². The zero-order valence-electron chi connectivity index (χ0n) is 19.9. The highest BCUT2D eigenvalue weighted by Gasteiger charge is 2.54. The van der Waals surface area contributed by atoms with Crippen molar-refractivity contribution in [2.24, 2.45) is 11.3 Å². The number of benzene rings is 2. The minimum Gasteiger partial charge on any atom is -0.481 e. The molecule has 0 saturated heterocycles. The molecule has 2 N–H and O–H groups in total. The number of fused-ring (bicyclic) bond motifs is 2. The predicted molar refractivity (Wildman–Crippen MR) is 131 cm³/mol. The van der Waals surface area contributed by atoms with Gasteiger partial charge in [0.05, 0.1) is 17.2 Å². The highest BCUT2D eigenvalue weighted by molar-refractivity contribution is 5.99. The fourth-order valence-corrected chi connectivity index (χ4v) is 6.89. The lowest BCUT2D eigenvalue weighted by Crippen LogP contribution is -2.47. The molecule has 34 heavy (non-hydrogen) atoms. The quantitative estimate of drug-likeness (QED) is 0.344. The van der Waals surface area contributed by atoms with E-state index in [2.05, 4.69) is 40.7 Å². The normalized spacial score (nSPS) is 24.1. The SMILES string of the molecule is Cc1cc(-n2c(C(C)C)c(C3CC4(CC(CC(=O)O)C4)C3)c3cc4[nH]ncc4cc32)ccc1F. The van der Waals surface area contributed by atoms with Gasteiger partial charge in [-0.15, -0.1) is 0 Å². The third-order valence-corrected chi connectivity index (χ3v) is 8.22. The summed E-state index contributed by atoms with van der Waals surface area (Å²) in [5, 5.41) is 18.8. The number of carboxylic acids is 1. The number of hydrogen-bond donors (Lipinski definition) is 2. The second-order valence-corrected chi connectivity index (χ2v) is 11.0. The summed E-state index contributed by atoms with van der Waals surface area (Å²) in [5.41, 5.74) is 6.80. The summed E-state index contributed by atoms with van der Waals surface area (Å²) in [7, 11) is 0. The Kier molecular flexibility index (Phi) is 4.67. The molecule has 0 unspecified atom stereocenters. The standard InChI is InChI=1S/C28H30FN3O2/c1-15(2)27-26(19-12-28(13-19)10-17(11-28)7-25(33)34)21-9-23-18(14-30-31-23)8-24(21)32(27)20-4-5-22(29)16(3)6-20/h4-6,8-9,14-15,17,19H,7,10-13H2,1-3H3,(H,30,31)(H,33,34). The summed E-state index contributed by atoms with van der Waals surface area (Å²) >= 11 is 0. The number of halogens is 1. The van der Waals surface area contributed by atoms with E-state index < -0.39 is 5.97 Å². The molecule has 2 heterocycles. The van der Waals surface area contributed by atoms with Crippen LogP contribution in [0.25, 0.3) is 27.5 Å². The number of nitrogens with one attached hydrogen (secondary N) is 1. The van der Waals surface area contributed by atoms with E-state index in [-0.39, 0.29) is 5.82 Å². The van der Waals surface area contributed by atoms with Gasteiger partial charge in [-0.3, -0.25) is 9.89 Å². The number of rotatable bonds is 5. The Morgan fingerprint density at radius 1 is 1.24 bits per heavy atom. The zero-order valence-corrected chi connectivity index (χ0v) is 19.9. The highest BCUT2D eigenvalue weighted by Crippen LogP contribution is 2.66. The Balaban J connectivity index is 1.48. The number of aromatic nitrogens is 3. The number of aliphatic carboxylic acids is 1. The average molecular weight is 460 g/mol. The molecule has 5 nitrogen and oxygen atoms in total. The molecule has 2 aromatic carbocycles. The molecule has 6 heteroatoms. The van der Waals surface area contributed by atoms with Gasteiger partial charge in [0.15, 0.2) is 0 Å². The largest absolute Gasteiger partial charge is 0.481 e. The van der Waals surface area contributed by atoms with Crippen molar-refractivity contribution in [2.45, 2.75) is 64.7 Å². The summed E-state index contributed by atoms with van der Waals surface area (Å²) in [6.07, 6.45) is 6.45. The third-order valence-electron chi connectivity index (χ3n) is 8.22. The number of aromatic amines is 1. The number of carbonyl (C=O) groups is 1. The molecule has 2 aliphatic carbocycles. The van der Waals surface area contributed by atoms with Crippen LogP contribution >= 0.6 is 0 Å². The van der Waals surface area contributed by atoms with Crippen molar-refractivity contribution in [3.05, 3.63) is 59.2 Å². The Labute approximate surface area is 198 Å². The number of aryl methyl sites for hydroxylation is 1. The first-order valence-electron chi connectivity index (χ1n) is 12.2. The summed E-state index contributed by atoms with van der Waals surface area (Å²) < 4.78 is 16.5. The van der Waals surface area contributed by atoms with Gasteiger partial charge in [0.25, 0.3) is 0 Å². The molecule has 4 aromatic rings. The molecule has 0 bridgehead atoms. The van der Waals surface area contributed by atoms with Gasteiger partial charge in [-0.05, 0) is 97.2 Å². The van der Waals surface area contributed by atoms with Gasteiger partial charge < -0.3 is 9.67 Å². The number of nitrogens with zero attached hydrogens (tertiary/aromatic N) is 2. The topological polar surface area (TPSA) is 70.9 Å². The van der Waals surface area contributed by atoms with Crippen molar-refractivity contribution in [1.82, 2.24) is 14.8 Å². The molecular formula is C28H30FN3O2. The molecule has 2 aromatic heterocycles. The Hall–Kier alpha value is -3.15. The monoisotopic (exact) mass is 459 g/mol. The lowest BCUT2D eigenvalue weighted by molar-refractivity contribution is -0.141. The van der Waals surface area contributed by atoms with E-state index >= 15 is 0 Å². The second-order valence-electron chi connectivity index (χ2n) is 11.0. The molecule has 0 atom stereocenters. The fourth-order valence-electron chi connectivity index (χ4n) is 6.89. The maximum atomic E-state index is 14.1. The summed E-state index contributed by atoms with van der Waals surface area (Å²) in [4.78, 5) is 11.1. The van der Waals surface area contributed by atoms with E-state index in [1.807, 2.05) is 25.3 Å². The van der Waals surface area contributed by atoms with Crippen molar-refractivity contribution < 1.29 is 14.3 Å². The van der Waals surface area contributed by atoms with Gasteiger partial charge in [-0.2, -0.15) is 5.10 Å². The molecule has 0 aliphatic heterocycles. The molecule has 0 amide bonds. The molecule has 0 radical (unpaired) electrons. The van der Waals surface area contributed by atoms with Crippen LogP contribution in [0.3, 0.4) is 0 Å². The van der Waals surface area contributed by atoms with E-state index in [4.69, 9.17) is 5.11 Å². The third kappa shape index (κ3) is 3.18. The van der Waals surface area contributed by atoms with Crippen LogP contribution in [0, 0.1) is 24.1 Å². The van der Waals surface area contributed by atoms with Gasteiger partial charge in [0.2, 0.25) is 0 Å². The number of carboxylic acid groups (broad SMARTS) is 1. The fraction of sp³-hybridized carbons (Fsp3) is 0.429. The summed E-state index contributed by atoms with van der Waals surface area (Å²) in [6, 6.07) is 9.80. The van der Waals surface area contributed by atoms with Crippen molar-refractivity contribution in [3.63, 3.8) is 0 Å². The second kappa shape index (κ2) is 7.42. The molecular weight excluding hydrogens is 429 g/mol. The Morgan fingerprint density at radius 3 is 2.68 bits per heavy atom. The summed E-state index contributed by atoms with van der Waals surface area (Å²) in [6.45, 7) is 6.28. The van der Waals surface area contributed by atoms with Crippen LogP contribution in [0.5, 0.6) is 0 Å².